The van der Waals surface area contributed by atoms with Crippen molar-refractivity contribution in [3.05, 3.63) is 17.5 Å². The average molecular weight is 248 g/mol. The Bertz CT molecular complexity index is 399. The quantitative estimate of drug-likeness (QED) is 0.837. The van der Waals surface area contributed by atoms with Gasteiger partial charge >= 0.3 is 0 Å². The maximum Gasteiger partial charge on any atom is 0.225 e. The zero-order valence-electron chi connectivity index (χ0n) is 11.9. The van der Waals surface area contributed by atoms with Crippen LogP contribution in [0.4, 0.5) is 5.95 Å². The van der Waals surface area contributed by atoms with Crippen LogP contribution < -0.4 is 10.2 Å². The summed E-state index contributed by atoms with van der Waals surface area (Å²) in [6, 6.07) is 0.458. The van der Waals surface area contributed by atoms with Gasteiger partial charge in [0.15, 0.2) is 0 Å². The Morgan fingerprint density at radius 3 is 2.67 bits per heavy atom. The molecule has 1 N–H and O–H groups in total. The fraction of sp³-hybridized carbons (Fsp3) is 0.714. The number of nitrogens with zero attached hydrogens (tertiary/aromatic N) is 3. The minimum Gasteiger partial charge on any atom is -0.338 e. The molecule has 0 bridgehead atoms. The van der Waals surface area contributed by atoms with Crippen molar-refractivity contribution in [2.75, 3.05) is 18.5 Å². The summed E-state index contributed by atoms with van der Waals surface area (Å²) in [6.07, 6.45) is 4.68. The standard InChI is InChI=1S/C14H24N4/c1-10(2)18(9-12-5-6-12)14-16-8-13(7-15-4)11(3)17-14/h8,10,12,15H,5-7,9H2,1-4H3. The van der Waals surface area contributed by atoms with Crippen LogP contribution in [0.5, 0.6) is 0 Å². The number of nitrogens with one attached hydrogen (secondary N) is 1. The van der Waals surface area contributed by atoms with E-state index in [4.69, 9.17) is 0 Å². The van der Waals surface area contributed by atoms with Crippen LogP contribution in [0, 0.1) is 12.8 Å². The van der Waals surface area contributed by atoms with Crippen LogP contribution in [-0.4, -0.2) is 29.6 Å². The van der Waals surface area contributed by atoms with Crippen molar-refractivity contribution in [1.82, 2.24) is 15.3 Å². The van der Waals surface area contributed by atoms with Crippen molar-refractivity contribution in [1.29, 1.82) is 0 Å². The molecule has 2 rings (SSSR count). The van der Waals surface area contributed by atoms with E-state index in [1.165, 1.54) is 18.4 Å². The van der Waals surface area contributed by atoms with Gasteiger partial charge in [0.1, 0.15) is 0 Å². The third-order valence-electron chi connectivity index (χ3n) is 3.47. The largest absolute Gasteiger partial charge is 0.338 e. The number of rotatable bonds is 6. The maximum atomic E-state index is 4.67. The van der Waals surface area contributed by atoms with Crippen LogP contribution in [0.2, 0.25) is 0 Å². The molecule has 1 aliphatic rings. The van der Waals surface area contributed by atoms with Crippen molar-refractivity contribution in [3.8, 4) is 0 Å². The first-order chi connectivity index (χ1) is 8.61. The number of aromatic nitrogens is 2. The number of hydrogen-bond donors (Lipinski definition) is 1. The molecular formula is C14H24N4. The van der Waals surface area contributed by atoms with E-state index in [-0.39, 0.29) is 0 Å². The van der Waals surface area contributed by atoms with Gasteiger partial charge in [0, 0.05) is 36.6 Å². The summed E-state index contributed by atoms with van der Waals surface area (Å²) in [5.74, 6) is 1.74. The smallest absolute Gasteiger partial charge is 0.225 e. The summed E-state index contributed by atoms with van der Waals surface area (Å²) in [5.41, 5.74) is 2.26. The molecule has 0 aromatic carbocycles. The molecule has 18 heavy (non-hydrogen) atoms. The minimum atomic E-state index is 0.458. The van der Waals surface area contributed by atoms with E-state index in [9.17, 15) is 0 Å². The van der Waals surface area contributed by atoms with Crippen LogP contribution in [-0.2, 0) is 6.54 Å². The molecule has 100 valence electrons. The summed E-state index contributed by atoms with van der Waals surface area (Å²) in [7, 11) is 1.95. The van der Waals surface area contributed by atoms with Gasteiger partial charge in [-0.15, -0.1) is 0 Å². The highest BCUT2D eigenvalue weighted by Crippen LogP contribution is 2.31. The fourth-order valence-corrected chi connectivity index (χ4v) is 2.08. The van der Waals surface area contributed by atoms with Crippen molar-refractivity contribution in [3.63, 3.8) is 0 Å². The topological polar surface area (TPSA) is 41.1 Å². The lowest BCUT2D eigenvalue weighted by molar-refractivity contribution is 0.624. The van der Waals surface area contributed by atoms with Crippen LogP contribution in [0.25, 0.3) is 0 Å². The molecule has 4 heteroatoms. The Balaban J connectivity index is 2.16. The molecule has 0 aliphatic heterocycles. The van der Waals surface area contributed by atoms with Gasteiger partial charge in [-0.2, -0.15) is 0 Å². The lowest BCUT2D eigenvalue weighted by atomic mass is 10.2. The number of aryl methyl sites for hydroxylation is 1. The molecule has 0 radical (unpaired) electrons. The van der Waals surface area contributed by atoms with Gasteiger partial charge in [-0.05, 0) is 46.6 Å². The second kappa shape index (κ2) is 5.65. The van der Waals surface area contributed by atoms with E-state index in [0.717, 1.165) is 30.6 Å². The zero-order valence-corrected chi connectivity index (χ0v) is 11.9. The monoisotopic (exact) mass is 248 g/mol. The summed E-state index contributed by atoms with van der Waals surface area (Å²) < 4.78 is 0. The molecule has 0 saturated heterocycles. The first kappa shape index (κ1) is 13.3. The van der Waals surface area contributed by atoms with Gasteiger partial charge in [0.25, 0.3) is 0 Å². The van der Waals surface area contributed by atoms with Gasteiger partial charge in [0.2, 0.25) is 5.95 Å². The Hall–Kier alpha value is -1.16. The van der Waals surface area contributed by atoms with E-state index < -0.39 is 0 Å². The van der Waals surface area contributed by atoms with E-state index in [1.54, 1.807) is 0 Å². The van der Waals surface area contributed by atoms with Gasteiger partial charge in [0.05, 0.1) is 0 Å². The van der Waals surface area contributed by atoms with Gasteiger partial charge in [-0.3, -0.25) is 0 Å². The van der Waals surface area contributed by atoms with Gasteiger partial charge in [-0.1, -0.05) is 0 Å². The molecule has 4 nitrogen and oxygen atoms in total. The fourth-order valence-electron chi connectivity index (χ4n) is 2.08. The molecule has 1 heterocycles. The van der Waals surface area contributed by atoms with E-state index >= 15 is 0 Å². The Morgan fingerprint density at radius 1 is 1.44 bits per heavy atom. The van der Waals surface area contributed by atoms with Crippen LogP contribution in [0.1, 0.15) is 37.9 Å². The van der Waals surface area contributed by atoms with E-state index in [0.29, 0.717) is 6.04 Å². The molecule has 0 atom stereocenters. The lowest BCUT2D eigenvalue weighted by Gasteiger charge is -2.27. The summed E-state index contributed by atoms with van der Waals surface area (Å²) >= 11 is 0. The van der Waals surface area contributed by atoms with Crippen molar-refractivity contribution in [2.45, 2.75) is 46.2 Å². The minimum absolute atomic E-state index is 0.458. The van der Waals surface area contributed by atoms with E-state index in [2.05, 4.69) is 41.0 Å². The molecule has 1 aromatic heterocycles. The highest BCUT2D eigenvalue weighted by Gasteiger charge is 2.26. The average Bonchev–Trinajstić information content (AvgIpc) is 3.12. The number of anilines is 1. The summed E-state index contributed by atoms with van der Waals surface area (Å²) in [6.45, 7) is 8.41. The molecule has 0 amide bonds. The Labute approximate surface area is 110 Å². The molecule has 0 unspecified atom stereocenters. The Kier molecular flexibility index (Phi) is 4.17. The van der Waals surface area contributed by atoms with Crippen molar-refractivity contribution >= 4 is 5.95 Å². The van der Waals surface area contributed by atoms with Crippen molar-refractivity contribution < 1.29 is 0 Å². The predicted octanol–water partition coefficient (Wildman–Crippen LogP) is 2.13. The molecule has 1 fully saturated rings. The van der Waals surface area contributed by atoms with Gasteiger partial charge < -0.3 is 10.2 Å². The van der Waals surface area contributed by atoms with Crippen LogP contribution in [0.3, 0.4) is 0 Å². The lowest BCUT2D eigenvalue weighted by Crippen LogP contribution is -2.34. The summed E-state index contributed by atoms with van der Waals surface area (Å²) in [4.78, 5) is 11.5. The molecular weight excluding hydrogens is 224 g/mol. The third-order valence-corrected chi connectivity index (χ3v) is 3.47. The SMILES string of the molecule is CNCc1cnc(N(CC2CC2)C(C)C)nc1C. The third kappa shape index (κ3) is 3.19. The second-order valence-corrected chi connectivity index (χ2v) is 5.50. The predicted molar refractivity (Wildman–Crippen MR) is 74.7 cm³/mol. The highest BCUT2D eigenvalue weighted by molar-refractivity contribution is 5.34. The van der Waals surface area contributed by atoms with Crippen LogP contribution >= 0.6 is 0 Å². The molecule has 1 aliphatic carbocycles. The number of hydrogen-bond acceptors (Lipinski definition) is 4. The molecule has 1 aromatic rings. The second-order valence-electron chi connectivity index (χ2n) is 5.50. The van der Waals surface area contributed by atoms with Gasteiger partial charge in [-0.25, -0.2) is 9.97 Å². The normalized spacial score (nSPS) is 15.2. The zero-order chi connectivity index (χ0) is 13.1. The summed E-state index contributed by atoms with van der Waals surface area (Å²) in [5, 5.41) is 3.14. The first-order valence-electron chi connectivity index (χ1n) is 6.85. The van der Waals surface area contributed by atoms with Crippen LogP contribution in [0.15, 0.2) is 6.20 Å². The van der Waals surface area contributed by atoms with Crippen molar-refractivity contribution in [2.24, 2.45) is 5.92 Å². The first-order valence-corrected chi connectivity index (χ1v) is 6.85. The maximum absolute atomic E-state index is 4.67. The highest BCUT2D eigenvalue weighted by atomic mass is 15.3. The Morgan fingerprint density at radius 2 is 2.17 bits per heavy atom. The van der Waals surface area contributed by atoms with E-state index in [1.807, 2.05) is 13.2 Å². The molecule has 0 spiro atoms. The molecule has 1 saturated carbocycles.